The molecule has 10 heteroatoms. The molecular formula is C25H28N10. The average molecular weight is 469 g/mol. The molecule has 3 aromatic heterocycles. The molecule has 1 saturated heterocycles. The van der Waals surface area contributed by atoms with Crippen molar-refractivity contribution in [3.63, 3.8) is 0 Å². The van der Waals surface area contributed by atoms with E-state index in [1.807, 2.05) is 10.6 Å². The second-order valence-corrected chi connectivity index (χ2v) is 9.34. The molecule has 0 spiro atoms. The minimum Gasteiger partial charge on any atom is -0.379 e. The fraction of sp³-hybridized carbons (Fsp3) is 0.400. The van der Waals surface area contributed by atoms with Gasteiger partial charge in [-0.05, 0) is 75.9 Å². The van der Waals surface area contributed by atoms with Gasteiger partial charge < -0.3 is 15.5 Å². The van der Waals surface area contributed by atoms with Crippen molar-refractivity contribution in [1.82, 2.24) is 34.3 Å². The number of fused-ring (bicyclic) bond motifs is 1. The zero-order valence-corrected chi connectivity index (χ0v) is 19.6. The largest absolute Gasteiger partial charge is 0.379 e. The molecule has 0 bridgehead atoms. The number of nitrogens with zero attached hydrogens (tertiary/aromatic N) is 8. The maximum absolute atomic E-state index is 9.49. The summed E-state index contributed by atoms with van der Waals surface area (Å²) in [6.45, 7) is 3.58. The van der Waals surface area contributed by atoms with Gasteiger partial charge in [0.05, 0.1) is 17.6 Å². The summed E-state index contributed by atoms with van der Waals surface area (Å²) in [5.41, 5.74) is 5.16. The summed E-state index contributed by atoms with van der Waals surface area (Å²) >= 11 is 0. The van der Waals surface area contributed by atoms with Gasteiger partial charge in [0, 0.05) is 17.8 Å². The van der Waals surface area contributed by atoms with Crippen LogP contribution in [-0.2, 0) is 6.42 Å². The molecule has 1 saturated carbocycles. The van der Waals surface area contributed by atoms with E-state index in [4.69, 9.17) is 0 Å². The van der Waals surface area contributed by atoms with Crippen LogP contribution in [0, 0.1) is 11.3 Å². The predicted octanol–water partition coefficient (Wildman–Crippen LogP) is 3.53. The summed E-state index contributed by atoms with van der Waals surface area (Å²) < 4.78 is 3.55. The van der Waals surface area contributed by atoms with Crippen LogP contribution in [0.4, 0.5) is 17.2 Å². The van der Waals surface area contributed by atoms with E-state index in [-0.39, 0.29) is 0 Å². The van der Waals surface area contributed by atoms with E-state index in [0.29, 0.717) is 23.2 Å². The summed E-state index contributed by atoms with van der Waals surface area (Å²) in [7, 11) is 0. The summed E-state index contributed by atoms with van der Waals surface area (Å²) in [5, 5.41) is 29.1. The number of hydrogen-bond donors (Lipinski definition) is 2. The van der Waals surface area contributed by atoms with Crippen molar-refractivity contribution in [2.75, 3.05) is 30.3 Å². The highest BCUT2D eigenvalue weighted by molar-refractivity contribution is 5.74. The van der Waals surface area contributed by atoms with Gasteiger partial charge in [0.15, 0.2) is 17.2 Å². The monoisotopic (exact) mass is 468 g/mol. The van der Waals surface area contributed by atoms with E-state index in [9.17, 15) is 5.26 Å². The molecule has 6 rings (SSSR count). The third kappa shape index (κ3) is 4.68. The number of aromatic nitrogens is 6. The third-order valence-corrected chi connectivity index (χ3v) is 6.69. The van der Waals surface area contributed by atoms with Gasteiger partial charge in [-0.2, -0.15) is 9.78 Å². The lowest BCUT2D eigenvalue weighted by atomic mass is 10.1. The normalized spacial score (nSPS) is 16.0. The van der Waals surface area contributed by atoms with Gasteiger partial charge in [-0.15, -0.1) is 15.3 Å². The van der Waals surface area contributed by atoms with Crippen LogP contribution in [0.15, 0.2) is 43.1 Å². The first-order chi connectivity index (χ1) is 17.3. The fourth-order valence-corrected chi connectivity index (χ4v) is 4.73. The molecule has 2 N–H and O–H groups in total. The van der Waals surface area contributed by atoms with Gasteiger partial charge in [-0.25, -0.2) is 4.98 Å². The Morgan fingerprint density at radius 1 is 1.09 bits per heavy atom. The van der Waals surface area contributed by atoms with Crippen LogP contribution < -0.4 is 10.6 Å². The first-order valence-electron chi connectivity index (χ1n) is 12.3. The van der Waals surface area contributed by atoms with Crippen molar-refractivity contribution in [1.29, 1.82) is 5.26 Å². The first kappa shape index (κ1) is 21.6. The lowest BCUT2D eigenvalue weighted by molar-refractivity contribution is 0.334. The molecule has 35 heavy (non-hydrogen) atoms. The van der Waals surface area contributed by atoms with Crippen molar-refractivity contribution >= 4 is 22.8 Å². The van der Waals surface area contributed by atoms with Crippen molar-refractivity contribution in [2.24, 2.45) is 0 Å². The summed E-state index contributed by atoms with van der Waals surface area (Å²) in [6.07, 6.45) is 12.1. The van der Waals surface area contributed by atoms with Crippen LogP contribution in [-0.4, -0.2) is 59.9 Å². The lowest BCUT2D eigenvalue weighted by Gasteiger charge is -2.17. The highest BCUT2D eigenvalue weighted by Crippen LogP contribution is 2.30. The number of rotatable bonds is 9. The number of aryl methyl sites for hydroxylation is 1. The molecule has 1 aromatic carbocycles. The van der Waals surface area contributed by atoms with Gasteiger partial charge in [-0.3, -0.25) is 4.57 Å². The molecule has 0 atom stereocenters. The Hall–Kier alpha value is -3.97. The highest BCUT2D eigenvalue weighted by atomic mass is 15.3. The number of nitrogens with one attached hydrogen (secondary N) is 2. The molecule has 4 heterocycles. The van der Waals surface area contributed by atoms with Crippen LogP contribution in [0.5, 0.6) is 0 Å². The van der Waals surface area contributed by atoms with Crippen molar-refractivity contribution in [2.45, 2.75) is 44.6 Å². The Morgan fingerprint density at radius 2 is 1.91 bits per heavy atom. The molecule has 0 radical (unpaired) electrons. The zero-order chi connectivity index (χ0) is 23.6. The van der Waals surface area contributed by atoms with Crippen molar-refractivity contribution < 1.29 is 0 Å². The fourth-order valence-electron chi connectivity index (χ4n) is 4.73. The Balaban J connectivity index is 1.28. The van der Waals surface area contributed by atoms with Gasteiger partial charge in [0.2, 0.25) is 0 Å². The molecule has 1 aliphatic heterocycles. The SMILES string of the molecule is N#Cc1cnc2c(NC3CC3)cc(Nc3ccc(CCCN4CCCC4)c(-n4cnnc4)c3)nn12. The van der Waals surface area contributed by atoms with Gasteiger partial charge in [0.25, 0.3) is 0 Å². The van der Waals surface area contributed by atoms with Crippen molar-refractivity contribution in [3.8, 4) is 11.8 Å². The van der Waals surface area contributed by atoms with E-state index in [2.05, 4.69) is 60.1 Å². The smallest absolute Gasteiger partial charge is 0.178 e. The third-order valence-electron chi connectivity index (χ3n) is 6.69. The Bertz CT molecular complexity index is 1360. The minimum absolute atomic E-state index is 0.404. The molecule has 10 nitrogen and oxygen atoms in total. The van der Waals surface area contributed by atoms with E-state index < -0.39 is 0 Å². The molecular weight excluding hydrogens is 440 g/mol. The average Bonchev–Trinajstić information content (AvgIpc) is 3.29. The molecule has 4 aromatic rings. The number of hydrogen-bond acceptors (Lipinski definition) is 8. The van der Waals surface area contributed by atoms with Crippen molar-refractivity contribution in [3.05, 3.63) is 54.4 Å². The molecule has 178 valence electrons. The van der Waals surface area contributed by atoms with E-state index in [1.54, 1.807) is 23.4 Å². The molecule has 2 aliphatic rings. The number of benzene rings is 1. The summed E-state index contributed by atoms with van der Waals surface area (Å²) in [5.74, 6) is 0.645. The number of likely N-dealkylation sites (tertiary alicyclic amines) is 1. The van der Waals surface area contributed by atoms with Gasteiger partial charge in [0.1, 0.15) is 18.7 Å². The molecule has 0 unspecified atom stereocenters. The maximum atomic E-state index is 9.49. The van der Waals surface area contributed by atoms with E-state index >= 15 is 0 Å². The lowest BCUT2D eigenvalue weighted by Crippen LogP contribution is -2.20. The topological polar surface area (TPSA) is 112 Å². The predicted molar refractivity (Wildman–Crippen MR) is 133 cm³/mol. The standard InChI is InChI=1S/C25H28N10/c26-14-21-15-27-25-22(30-19-7-8-19)13-24(32-35(21)25)31-20-6-5-18(4-3-11-33-9-1-2-10-33)23(12-20)34-16-28-29-17-34/h5-6,12-13,15-17,19,30H,1-4,7-11H2,(H,31,32). The van der Waals surface area contributed by atoms with E-state index in [1.165, 1.54) is 31.5 Å². The summed E-state index contributed by atoms with van der Waals surface area (Å²) in [6, 6.07) is 10.9. The highest BCUT2D eigenvalue weighted by Gasteiger charge is 2.23. The zero-order valence-electron chi connectivity index (χ0n) is 19.6. The van der Waals surface area contributed by atoms with Crippen LogP contribution in [0.2, 0.25) is 0 Å². The molecule has 0 amide bonds. The second-order valence-electron chi connectivity index (χ2n) is 9.34. The maximum Gasteiger partial charge on any atom is 0.178 e. The molecule has 1 aliphatic carbocycles. The van der Waals surface area contributed by atoms with Crippen LogP contribution in [0.3, 0.4) is 0 Å². The van der Waals surface area contributed by atoms with Crippen LogP contribution in [0.25, 0.3) is 11.3 Å². The number of imidazole rings is 1. The minimum atomic E-state index is 0.404. The number of nitriles is 1. The van der Waals surface area contributed by atoms with Gasteiger partial charge in [-0.1, -0.05) is 6.07 Å². The molecule has 2 fully saturated rings. The Labute approximate surface area is 203 Å². The van der Waals surface area contributed by atoms with Gasteiger partial charge >= 0.3 is 0 Å². The van der Waals surface area contributed by atoms with Crippen LogP contribution >= 0.6 is 0 Å². The first-order valence-corrected chi connectivity index (χ1v) is 12.3. The summed E-state index contributed by atoms with van der Waals surface area (Å²) in [4.78, 5) is 6.95. The second kappa shape index (κ2) is 9.35. The Kier molecular flexibility index (Phi) is 5.76. The quantitative estimate of drug-likeness (QED) is 0.384. The number of anilines is 3. The Morgan fingerprint density at radius 3 is 2.69 bits per heavy atom. The van der Waals surface area contributed by atoms with E-state index in [0.717, 1.165) is 49.3 Å². The van der Waals surface area contributed by atoms with Crippen LogP contribution in [0.1, 0.15) is 43.4 Å².